The summed E-state index contributed by atoms with van der Waals surface area (Å²) in [5, 5.41) is 24.3. The number of nitrogens with zero attached hydrogens (tertiary/aromatic N) is 1. The molecule has 0 heterocycles. The number of aliphatic hydroxyl groups is 1. The van der Waals surface area contributed by atoms with Gasteiger partial charge < -0.3 is 10.4 Å². The Morgan fingerprint density at radius 2 is 2.00 bits per heavy atom. The highest BCUT2D eigenvalue weighted by Crippen LogP contribution is 2.42. The van der Waals surface area contributed by atoms with Gasteiger partial charge in [0.2, 0.25) is 0 Å². The fraction of sp³-hybridized carbons (Fsp3) is 0.333. The molecule has 7 heteroatoms. The standard InChI is InChI=1S/C18H18F2N2O3/c19-13-5-6-15(16(20)10-13)18(7-2-8-18)21-11-17(23)12-3-1-4-14(9-12)22(24)25/h1,3-6,9-10,17,21,23H,2,7-8,11H2. The van der Waals surface area contributed by atoms with Gasteiger partial charge in [0.25, 0.3) is 5.69 Å². The number of nitro benzene ring substituents is 1. The number of halogens is 2. The van der Waals surface area contributed by atoms with Crippen LogP contribution in [0, 0.1) is 21.7 Å². The first-order valence-corrected chi connectivity index (χ1v) is 8.04. The van der Waals surface area contributed by atoms with Crippen molar-refractivity contribution >= 4 is 5.69 Å². The maximum Gasteiger partial charge on any atom is 0.269 e. The van der Waals surface area contributed by atoms with Gasteiger partial charge in [-0.2, -0.15) is 0 Å². The van der Waals surface area contributed by atoms with Crippen LogP contribution in [0.2, 0.25) is 0 Å². The number of hydrogen-bond donors (Lipinski definition) is 2. The van der Waals surface area contributed by atoms with Gasteiger partial charge in [0, 0.05) is 35.8 Å². The maximum atomic E-state index is 14.1. The van der Waals surface area contributed by atoms with Crippen LogP contribution >= 0.6 is 0 Å². The normalized spacial score (nSPS) is 16.9. The van der Waals surface area contributed by atoms with E-state index in [1.54, 1.807) is 6.07 Å². The topological polar surface area (TPSA) is 75.4 Å². The van der Waals surface area contributed by atoms with Crippen LogP contribution in [0.1, 0.15) is 36.5 Å². The Labute approximate surface area is 143 Å². The van der Waals surface area contributed by atoms with Crippen LogP contribution in [0.3, 0.4) is 0 Å². The summed E-state index contributed by atoms with van der Waals surface area (Å²) in [6.07, 6.45) is 1.28. The zero-order chi connectivity index (χ0) is 18.0. The van der Waals surface area contributed by atoms with E-state index in [1.807, 2.05) is 0 Å². The van der Waals surface area contributed by atoms with Gasteiger partial charge >= 0.3 is 0 Å². The predicted molar refractivity (Wildman–Crippen MR) is 87.9 cm³/mol. The quantitative estimate of drug-likeness (QED) is 0.618. The van der Waals surface area contributed by atoms with Gasteiger partial charge in [0.1, 0.15) is 11.6 Å². The van der Waals surface area contributed by atoms with Crippen LogP contribution in [0.4, 0.5) is 14.5 Å². The van der Waals surface area contributed by atoms with Crippen LogP contribution in [0.25, 0.3) is 0 Å². The van der Waals surface area contributed by atoms with E-state index < -0.39 is 28.2 Å². The Balaban J connectivity index is 1.75. The van der Waals surface area contributed by atoms with E-state index in [4.69, 9.17) is 0 Å². The summed E-state index contributed by atoms with van der Waals surface area (Å²) in [6, 6.07) is 9.28. The van der Waals surface area contributed by atoms with Gasteiger partial charge in [-0.3, -0.25) is 10.1 Å². The molecular formula is C18H18F2N2O3. The average Bonchev–Trinajstić information content (AvgIpc) is 2.55. The minimum atomic E-state index is -0.971. The second kappa shape index (κ2) is 6.85. The molecule has 0 spiro atoms. The van der Waals surface area contributed by atoms with Gasteiger partial charge in [0.15, 0.2) is 0 Å². The minimum Gasteiger partial charge on any atom is -0.387 e. The lowest BCUT2D eigenvalue weighted by Crippen LogP contribution is -2.50. The summed E-state index contributed by atoms with van der Waals surface area (Å²) in [5.74, 6) is -1.25. The first-order chi connectivity index (χ1) is 11.9. The van der Waals surface area contributed by atoms with E-state index in [0.717, 1.165) is 12.5 Å². The van der Waals surface area contributed by atoms with Crippen LogP contribution in [0.15, 0.2) is 42.5 Å². The molecule has 25 heavy (non-hydrogen) atoms. The predicted octanol–water partition coefficient (Wildman–Crippen LogP) is 3.58. The summed E-state index contributed by atoms with van der Waals surface area (Å²) in [6.45, 7) is 0.109. The zero-order valence-electron chi connectivity index (χ0n) is 13.4. The van der Waals surface area contributed by atoms with Crippen molar-refractivity contribution in [3.8, 4) is 0 Å². The Bertz CT molecular complexity index is 794. The third-order valence-electron chi connectivity index (χ3n) is 4.75. The summed E-state index contributed by atoms with van der Waals surface area (Å²) in [7, 11) is 0. The Kier molecular flexibility index (Phi) is 4.78. The highest BCUT2D eigenvalue weighted by molar-refractivity contribution is 5.35. The third kappa shape index (κ3) is 3.52. The van der Waals surface area contributed by atoms with Crippen molar-refractivity contribution in [3.05, 3.63) is 75.3 Å². The summed E-state index contributed by atoms with van der Waals surface area (Å²) >= 11 is 0. The van der Waals surface area contributed by atoms with E-state index in [1.165, 1.54) is 30.3 Å². The van der Waals surface area contributed by atoms with Gasteiger partial charge in [0.05, 0.1) is 11.0 Å². The molecule has 1 aliphatic carbocycles. The second-order valence-electron chi connectivity index (χ2n) is 6.31. The van der Waals surface area contributed by atoms with Crippen molar-refractivity contribution in [1.29, 1.82) is 0 Å². The number of non-ortho nitro benzene ring substituents is 1. The lowest BCUT2D eigenvalue weighted by molar-refractivity contribution is -0.385. The van der Waals surface area contributed by atoms with Crippen molar-refractivity contribution in [2.75, 3.05) is 6.54 Å². The first kappa shape index (κ1) is 17.4. The first-order valence-electron chi connectivity index (χ1n) is 8.04. The molecule has 1 fully saturated rings. The molecule has 1 aliphatic rings. The number of benzene rings is 2. The number of nitrogens with one attached hydrogen (secondary N) is 1. The fourth-order valence-corrected chi connectivity index (χ4v) is 3.20. The zero-order valence-corrected chi connectivity index (χ0v) is 13.4. The van der Waals surface area contributed by atoms with E-state index in [0.29, 0.717) is 24.0 Å². The van der Waals surface area contributed by atoms with E-state index in [-0.39, 0.29) is 12.2 Å². The Hall–Kier alpha value is -2.38. The number of rotatable bonds is 6. The lowest BCUT2D eigenvalue weighted by atomic mass is 9.71. The number of hydrogen-bond acceptors (Lipinski definition) is 4. The molecule has 1 atom stereocenters. The van der Waals surface area contributed by atoms with Crippen LogP contribution in [-0.2, 0) is 5.54 Å². The second-order valence-corrected chi connectivity index (χ2v) is 6.31. The Morgan fingerprint density at radius 3 is 2.60 bits per heavy atom. The molecule has 132 valence electrons. The van der Waals surface area contributed by atoms with Crippen molar-refractivity contribution < 1.29 is 18.8 Å². The minimum absolute atomic E-state index is 0.0977. The van der Waals surface area contributed by atoms with Gasteiger partial charge in [-0.25, -0.2) is 8.78 Å². The van der Waals surface area contributed by atoms with Gasteiger partial charge in [-0.1, -0.05) is 18.2 Å². The van der Waals surface area contributed by atoms with Crippen molar-refractivity contribution in [2.45, 2.75) is 30.9 Å². The molecule has 0 aliphatic heterocycles. The molecule has 2 aromatic carbocycles. The average molecular weight is 348 g/mol. The van der Waals surface area contributed by atoms with Gasteiger partial charge in [-0.15, -0.1) is 0 Å². The van der Waals surface area contributed by atoms with Crippen molar-refractivity contribution in [2.24, 2.45) is 0 Å². The fourth-order valence-electron chi connectivity index (χ4n) is 3.20. The van der Waals surface area contributed by atoms with Crippen LogP contribution < -0.4 is 5.32 Å². The molecule has 1 saturated carbocycles. The molecule has 5 nitrogen and oxygen atoms in total. The van der Waals surface area contributed by atoms with Crippen LogP contribution in [0.5, 0.6) is 0 Å². The smallest absolute Gasteiger partial charge is 0.269 e. The molecule has 2 aromatic rings. The molecule has 3 rings (SSSR count). The molecule has 2 N–H and O–H groups in total. The lowest BCUT2D eigenvalue weighted by Gasteiger charge is -2.44. The third-order valence-corrected chi connectivity index (χ3v) is 4.75. The molecule has 0 bridgehead atoms. The molecule has 0 amide bonds. The van der Waals surface area contributed by atoms with Crippen molar-refractivity contribution in [3.63, 3.8) is 0 Å². The number of nitro groups is 1. The summed E-state index contributed by atoms with van der Waals surface area (Å²) in [4.78, 5) is 10.3. The van der Waals surface area contributed by atoms with Crippen LogP contribution in [-0.4, -0.2) is 16.6 Å². The highest BCUT2D eigenvalue weighted by atomic mass is 19.1. The Morgan fingerprint density at radius 1 is 1.24 bits per heavy atom. The molecule has 0 aromatic heterocycles. The van der Waals surface area contributed by atoms with E-state index in [2.05, 4.69) is 5.32 Å². The monoisotopic (exact) mass is 348 g/mol. The van der Waals surface area contributed by atoms with E-state index in [9.17, 15) is 24.0 Å². The highest BCUT2D eigenvalue weighted by Gasteiger charge is 2.40. The molecule has 1 unspecified atom stereocenters. The summed E-state index contributed by atoms with van der Waals surface area (Å²) in [5.41, 5.74) is 0.0565. The molecular weight excluding hydrogens is 330 g/mol. The molecule has 0 radical (unpaired) electrons. The van der Waals surface area contributed by atoms with Crippen molar-refractivity contribution in [1.82, 2.24) is 5.32 Å². The van der Waals surface area contributed by atoms with E-state index >= 15 is 0 Å². The number of aliphatic hydroxyl groups excluding tert-OH is 1. The summed E-state index contributed by atoms with van der Waals surface area (Å²) < 4.78 is 27.3. The largest absolute Gasteiger partial charge is 0.387 e. The SMILES string of the molecule is O=[N+]([O-])c1cccc(C(O)CNC2(c3ccc(F)cc3F)CCC2)c1. The molecule has 0 saturated heterocycles. The van der Waals surface area contributed by atoms with Gasteiger partial charge in [-0.05, 0) is 30.9 Å². The maximum absolute atomic E-state index is 14.1.